The van der Waals surface area contributed by atoms with Gasteiger partial charge >= 0.3 is 0 Å². The molecule has 0 amide bonds. The third-order valence-corrected chi connectivity index (χ3v) is 6.37. The molecular formula is C27H27N. The van der Waals surface area contributed by atoms with Crippen molar-refractivity contribution in [1.82, 2.24) is 5.32 Å². The molecule has 1 aliphatic heterocycles. The van der Waals surface area contributed by atoms with Crippen molar-refractivity contribution < 1.29 is 0 Å². The molecule has 1 atom stereocenters. The molecule has 2 aliphatic rings. The summed E-state index contributed by atoms with van der Waals surface area (Å²) in [5.74, 6) is 1.12. The summed E-state index contributed by atoms with van der Waals surface area (Å²) in [5.41, 5.74) is 8.59. The summed E-state index contributed by atoms with van der Waals surface area (Å²) in [6.07, 6.45) is 8.26. The summed E-state index contributed by atoms with van der Waals surface area (Å²) in [6.45, 7) is 2.25. The number of fused-ring (bicyclic) bond motifs is 1. The van der Waals surface area contributed by atoms with Gasteiger partial charge in [-0.2, -0.15) is 0 Å². The van der Waals surface area contributed by atoms with Gasteiger partial charge in [-0.3, -0.25) is 0 Å². The van der Waals surface area contributed by atoms with Gasteiger partial charge in [0.2, 0.25) is 0 Å². The van der Waals surface area contributed by atoms with Crippen LogP contribution in [0.3, 0.4) is 0 Å². The number of benzene rings is 3. The van der Waals surface area contributed by atoms with Crippen LogP contribution >= 0.6 is 0 Å². The first-order chi connectivity index (χ1) is 13.9. The van der Waals surface area contributed by atoms with Crippen molar-refractivity contribution in [3.63, 3.8) is 0 Å². The molecule has 0 aromatic heterocycles. The molecule has 28 heavy (non-hydrogen) atoms. The molecule has 1 heterocycles. The predicted octanol–water partition coefficient (Wildman–Crippen LogP) is 6.17. The minimum atomic E-state index is 0.472. The molecule has 0 radical (unpaired) electrons. The van der Waals surface area contributed by atoms with Crippen LogP contribution in [0.2, 0.25) is 0 Å². The van der Waals surface area contributed by atoms with Gasteiger partial charge in [0.05, 0.1) is 0 Å². The number of hydrogen-bond donors (Lipinski definition) is 1. The van der Waals surface area contributed by atoms with E-state index in [4.69, 9.17) is 0 Å². The minimum Gasteiger partial charge on any atom is -0.317 e. The largest absolute Gasteiger partial charge is 0.317 e. The van der Waals surface area contributed by atoms with Gasteiger partial charge in [-0.25, -0.2) is 0 Å². The quantitative estimate of drug-likeness (QED) is 0.585. The summed E-state index contributed by atoms with van der Waals surface area (Å²) in [5, 5.41) is 3.52. The molecule has 0 spiro atoms. The van der Waals surface area contributed by atoms with Crippen LogP contribution in [-0.2, 0) is 6.42 Å². The molecule has 1 N–H and O–H groups in total. The Morgan fingerprint density at radius 3 is 2.43 bits per heavy atom. The molecule has 140 valence electrons. The van der Waals surface area contributed by atoms with Gasteiger partial charge in [0.25, 0.3) is 0 Å². The van der Waals surface area contributed by atoms with E-state index in [0.29, 0.717) is 11.8 Å². The zero-order chi connectivity index (χ0) is 18.8. The van der Waals surface area contributed by atoms with E-state index in [-0.39, 0.29) is 0 Å². The van der Waals surface area contributed by atoms with Gasteiger partial charge in [0, 0.05) is 5.92 Å². The molecule has 5 rings (SSSR count). The third-order valence-electron chi connectivity index (χ3n) is 6.37. The van der Waals surface area contributed by atoms with E-state index < -0.39 is 0 Å². The number of hydrogen-bond acceptors (Lipinski definition) is 1. The minimum absolute atomic E-state index is 0.472. The highest BCUT2D eigenvalue weighted by atomic mass is 14.9. The van der Waals surface area contributed by atoms with E-state index in [1.807, 2.05) is 0 Å². The Hall–Kier alpha value is -2.64. The average molecular weight is 366 g/mol. The molecule has 1 saturated heterocycles. The van der Waals surface area contributed by atoms with Crippen LogP contribution in [0.5, 0.6) is 0 Å². The Morgan fingerprint density at radius 2 is 1.57 bits per heavy atom. The van der Waals surface area contributed by atoms with E-state index in [0.717, 1.165) is 19.5 Å². The summed E-state index contributed by atoms with van der Waals surface area (Å²) in [7, 11) is 0. The van der Waals surface area contributed by atoms with Gasteiger partial charge < -0.3 is 5.32 Å². The van der Waals surface area contributed by atoms with Gasteiger partial charge in [-0.05, 0) is 71.7 Å². The van der Waals surface area contributed by atoms with Gasteiger partial charge in [0.1, 0.15) is 0 Å². The summed E-state index contributed by atoms with van der Waals surface area (Å²) in [6, 6.07) is 26.9. The maximum Gasteiger partial charge on any atom is 0.00620 e. The number of piperidine rings is 1. The SMILES string of the molecule is C1=CC(c2ccc(-c3ccccc3)c(C3CCNCC3)c2)Cc2ccccc21. The maximum absolute atomic E-state index is 3.52. The van der Waals surface area contributed by atoms with Crippen LogP contribution in [0.1, 0.15) is 46.9 Å². The molecule has 0 saturated carbocycles. The van der Waals surface area contributed by atoms with Crippen LogP contribution < -0.4 is 5.32 Å². The number of allylic oxidation sites excluding steroid dienone is 1. The zero-order valence-corrected chi connectivity index (χ0v) is 16.3. The molecular weight excluding hydrogens is 338 g/mol. The van der Waals surface area contributed by atoms with Crippen molar-refractivity contribution in [3.8, 4) is 11.1 Å². The Labute approximate surface area is 168 Å². The Morgan fingerprint density at radius 1 is 0.786 bits per heavy atom. The Balaban J connectivity index is 1.54. The molecule has 1 unspecified atom stereocenters. The highest BCUT2D eigenvalue weighted by Gasteiger charge is 2.22. The highest BCUT2D eigenvalue weighted by molar-refractivity contribution is 5.69. The monoisotopic (exact) mass is 365 g/mol. The lowest BCUT2D eigenvalue weighted by atomic mass is 9.80. The average Bonchev–Trinajstić information content (AvgIpc) is 2.79. The number of nitrogens with one attached hydrogen (secondary N) is 1. The zero-order valence-electron chi connectivity index (χ0n) is 16.3. The van der Waals surface area contributed by atoms with E-state index in [9.17, 15) is 0 Å². The highest BCUT2D eigenvalue weighted by Crippen LogP contribution is 2.38. The molecule has 1 fully saturated rings. The fraction of sp³-hybridized carbons (Fsp3) is 0.259. The lowest BCUT2D eigenvalue weighted by molar-refractivity contribution is 0.461. The van der Waals surface area contributed by atoms with Crippen molar-refractivity contribution in [1.29, 1.82) is 0 Å². The lowest BCUT2D eigenvalue weighted by Gasteiger charge is -2.27. The van der Waals surface area contributed by atoms with Gasteiger partial charge in [-0.15, -0.1) is 0 Å². The molecule has 1 heteroatoms. The van der Waals surface area contributed by atoms with Gasteiger partial charge in [0.15, 0.2) is 0 Å². The van der Waals surface area contributed by atoms with Crippen molar-refractivity contribution >= 4 is 6.08 Å². The topological polar surface area (TPSA) is 12.0 Å². The maximum atomic E-state index is 3.52. The van der Waals surface area contributed by atoms with E-state index in [1.54, 1.807) is 0 Å². The van der Waals surface area contributed by atoms with E-state index >= 15 is 0 Å². The smallest absolute Gasteiger partial charge is 0.00620 e. The molecule has 0 bridgehead atoms. The van der Waals surface area contributed by atoms with Crippen molar-refractivity contribution in [2.24, 2.45) is 0 Å². The standard InChI is InChI=1S/C27H27N/c1-2-7-21(8-3-1)26-13-12-25(19-27(26)22-14-16-28-17-15-22)24-11-10-20-6-4-5-9-23(20)18-24/h1-13,19,22,24,28H,14-18H2. The van der Waals surface area contributed by atoms with E-state index in [1.165, 1.54) is 46.2 Å². The first-order valence-electron chi connectivity index (χ1n) is 10.5. The lowest BCUT2D eigenvalue weighted by Crippen LogP contribution is -2.27. The molecule has 1 aliphatic carbocycles. The van der Waals surface area contributed by atoms with Crippen LogP contribution in [0.25, 0.3) is 17.2 Å². The van der Waals surface area contributed by atoms with Crippen LogP contribution in [0, 0.1) is 0 Å². The molecule has 1 nitrogen and oxygen atoms in total. The van der Waals surface area contributed by atoms with Crippen LogP contribution in [0.15, 0.2) is 78.9 Å². The summed E-state index contributed by atoms with van der Waals surface area (Å²) < 4.78 is 0. The van der Waals surface area contributed by atoms with Crippen LogP contribution in [-0.4, -0.2) is 13.1 Å². The third kappa shape index (κ3) is 3.43. The van der Waals surface area contributed by atoms with Crippen molar-refractivity contribution in [2.75, 3.05) is 13.1 Å². The second-order valence-corrected chi connectivity index (χ2v) is 8.11. The van der Waals surface area contributed by atoms with Crippen molar-refractivity contribution in [3.05, 3.63) is 101 Å². The predicted molar refractivity (Wildman–Crippen MR) is 119 cm³/mol. The summed E-state index contributed by atoms with van der Waals surface area (Å²) in [4.78, 5) is 0. The van der Waals surface area contributed by atoms with E-state index in [2.05, 4.69) is 90.3 Å². The molecule has 3 aromatic rings. The second-order valence-electron chi connectivity index (χ2n) is 8.11. The Bertz CT molecular complexity index is 980. The fourth-order valence-corrected chi connectivity index (χ4v) is 4.80. The second kappa shape index (κ2) is 7.77. The number of rotatable bonds is 3. The first-order valence-corrected chi connectivity index (χ1v) is 10.5. The summed E-state index contributed by atoms with van der Waals surface area (Å²) >= 11 is 0. The fourth-order valence-electron chi connectivity index (χ4n) is 4.80. The van der Waals surface area contributed by atoms with Crippen molar-refractivity contribution in [2.45, 2.75) is 31.1 Å². The normalized spacial score (nSPS) is 19.4. The first kappa shape index (κ1) is 17.5. The van der Waals surface area contributed by atoms with Crippen LogP contribution in [0.4, 0.5) is 0 Å². The molecule has 3 aromatic carbocycles. The Kier molecular flexibility index (Phi) is 4.85. The van der Waals surface area contributed by atoms with Gasteiger partial charge in [-0.1, -0.05) is 84.9 Å².